The van der Waals surface area contributed by atoms with E-state index in [2.05, 4.69) is 5.32 Å². The minimum atomic E-state index is -0.108. The van der Waals surface area contributed by atoms with Crippen molar-refractivity contribution < 1.29 is 19.0 Å². The smallest absolute Gasteiger partial charge is 0.305 e. The standard InChI is InChI=1S/C16H25NO4/c1-4-21-16(18)8-6-5-7-9-17-13-10-14(19-2)12-15(11-13)20-3/h10-12,17H,4-9H2,1-3H3. The lowest BCUT2D eigenvalue weighted by atomic mass is 10.2. The van der Waals surface area contributed by atoms with E-state index in [4.69, 9.17) is 14.2 Å². The molecule has 0 aliphatic rings. The van der Waals surface area contributed by atoms with E-state index in [1.165, 1.54) is 0 Å². The van der Waals surface area contributed by atoms with E-state index in [9.17, 15) is 4.79 Å². The minimum absolute atomic E-state index is 0.108. The van der Waals surface area contributed by atoms with Gasteiger partial charge in [0.2, 0.25) is 0 Å². The Labute approximate surface area is 126 Å². The average Bonchev–Trinajstić information content (AvgIpc) is 2.50. The number of carbonyl (C=O) groups excluding carboxylic acids is 1. The van der Waals surface area contributed by atoms with Gasteiger partial charge in [-0.25, -0.2) is 0 Å². The Balaban J connectivity index is 2.25. The zero-order chi connectivity index (χ0) is 15.5. The summed E-state index contributed by atoms with van der Waals surface area (Å²) in [4.78, 5) is 11.2. The Kier molecular flexibility index (Phi) is 8.09. The van der Waals surface area contributed by atoms with E-state index >= 15 is 0 Å². The van der Waals surface area contributed by atoms with Gasteiger partial charge < -0.3 is 19.5 Å². The Morgan fingerprint density at radius 1 is 1.05 bits per heavy atom. The molecule has 5 nitrogen and oxygen atoms in total. The number of esters is 1. The number of methoxy groups -OCH3 is 2. The number of hydrogen-bond acceptors (Lipinski definition) is 5. The van der Waals surface area contributed by atoms with Crippen LogP contribution in [0.3, 0.4) is 0 Å². The van der Waals surface area contributed by atoms with Crippen LogP contribution in [0.15, 0.2) is 18.2 Å². The highest BCUT2D eigenvalue weighted by Gasteiger charge is 2.02. The number of benzene rings is 1. The van der Waals surface area contributed by atoms with Crippen molar-refractivity contribution in [1.82, 2.24) is 0 Å². The number of unbranched alkanes of at least 4 members (excludes halogenated alkanes) is 2. The normalized spacial score (nSPS) is 10.0. The highest BCUT2D eigenvalue weighted by atomic mass is 16.5. The first-order valence-electron chi connectivity index (χ1n) is 7.32. The predicted molar refractivity (Wildman–Crippen MR) is 83.1 cm³/mol. The summed E-state index contributed by atoms with van der Waals surface area (Å²) in [6.07, 6.45) is 3.36. The van der Waals surface area contributed by atoms with Crippen LogP contribution in [0.4, 0.5) is 5.69 Å². The zero-order valence-electron chi connectivity index (χ0n) is 13.1. The molecule has 5 heteroatoms. The largest absolute Gasteiger partial charge is 0.497 e. The second kappa shape index (κ2) is 9.91. The van der Waals surface area contributed by atoms with Gasteiger partial charge in [0, 0.05) is 36.9 Å². The number of carbonyl (C=O) groups is 1. The van der Waals surface area contributed by atoms with Crippen molar-refractivity contribution in [2.45, 2.75) is 32.6 Å². The Bertz CT molecular complexity index is 412. The SMILES string of the molecule is CCOC(=O)CCCCCNc1cc(OC)cc(OC)c1. The van der Waals surface area contributed by atoms with Crippen molar-refractivity contribution in [2.24, 2.45) is 0 Å². The van der Waals surface area contributed by atoms with Crippen molar-refractivity contribution in [2.75, 3.05) is 32.7 Å². The molecule has 1 aromatic carbocycles. The molecule has 0 aliphatic carbocycles. The van der Waals surface area contributed by atoms with E-state index in [1.54, 1.807) is 14.2 Å². The first kappa shape index (κ1) is 17.1. The van der Waals surface area contributed by atoms with E-state index in [0.29, 0.717) is 13.0 Å². The lowest BCUT2D eigenvalue weighted by molar-refractivity contribution is -0.143. The van der Waals surface area contributed by atoms with E-state index < -0.39 is 0 Å². The van der Waals surface area contributed by atoms with Gasteiger partial charge in [-0.05, 0) is 19.8 Å². The second-order valence-electron chi connectivity index (χ2n) is 4.64. The summed E-state index contributed by atoms with van der Waals surface area (Å²) in [5, 5.41) is 3.33. The molecule has 1 rings (SSSR count). The first-order chi connectivity index (χ1) is 10.2. The minimum Gasteiger partial charge on any atom is -0.497 e. The maximum absolute atomic E-state index is 11.2. The van der Waals surface area contributed by atoms with Crippen molar-refractivity contribution in [3.8, 4) is 11.5 Å². The number of ether oxygens (including phenoxy) is 3. The second-order valence-corrected chi connectivity index (χ2v) is 4.64. The van der Waals surface area contributed by atoms with Crippen LogP contribution in [0.2, 0.25) is 0 Å². The van der Waals surface area contributed by atoms with E-state index in [0.717, 1.165) is 43.0 Å². The molecule has 0 saturated carbocycles. The summed E-state index contributed by atoms with van der Waals surface area (Å²) in [6.45, 7) is 3.13. The summed E-state index contributed by atoms with van der Waals surface area (Å²) in [5.41, 5.74) is 0.969. The highest BCUT2D eigenvalue weighted by Crippen LogP contribution is 2.25. The third kappa shape index (κ3) is 6.88. The van der Waals surface area contributed by atoms with Gasteiger partial charge in [0.1, 0.15) is 11.5 Å². The molecule has 0 aliphatic heterocycles. The van der Waals surface area contributed by atoms with Crippen LogP contribution in [0, 0.1) is 0 Å². The molecule has 0 atom stereocenters. The van der Waals surface area contributed by atoms with Gasteiger partial charge in [-0.2, -0.15) is 0 Å². The molecule has 0 radical (unpaired) electrons. The molecular weight excluding hydrogens is 270 g/mol. The fraction of sp³-hybridized carbons (Fsp3) is 0.562. The lowest BCUT2D eigenvalue weighted by Crippen LogP contribution is -2.05. The Morgan fingerprint density at radius 2 is 1.71 bits per heavy atom. The summed E-state index contributed by atoms with van der Waals surface area (Å²) in [6, 6.07) is 5.70. The van der Waals surface area contributed by atoms with Gasteiger partial charge >= 0.3 is 5.97 Å². The third-order valence-electron chi connectivity index (χ3n) is 3.04. The van der Waals surface area contributed by atoms with Gasteiger partial charge in [0.15, 0.2) is 0 Å². The summed E-state index contributed by atoms with van der Waals surface area (Å²) >= 11 is 0. The molecule has 118 valence electrons. The lowest BCUT2D eigenvalue weighted by Gasteiger charge is -2.10. The highest BCUT2D eigenvalue weighted by molar-refractivity contribution is 5.69. The molecule has 1 N–H and O–H groups in total. The van der Waals surface area contributed by atoms with Crippen LogP contribution in [-0.4, -0.2) is 33.3 Å². The number of nitrogens with one attached hydrogen (secondary N) is 1. The van der Waals surface area contributed by atoms with Gasteiger partial charge in [0.05, 0.1) is 20.8 Å². The number of hydrogen-bond donors (Lipinski definition) is 1. The van der Waals surface area contributed by atoms with Gasteiger partial charge in [0.25, 0.3) is 0 Å². The van der Waals surface area contributed by atoms with Crippen molar-refractivity contribution in [3.63, 3.8) is 0 Å². The maximum atomic E-state index is 11.2. The van der Waals surface area contributed by atoms with Crippen LogP contribution < -0.4 is 14.8 Å². The molecule has 1 aromatic rings. The van der Waals surface area contributed by atoms with Crippen LogP contribution in [-0.2, 0) is 9.53 Å². The molecule has 0 heterocycles. The summed E-state index contributed by atoms with van der Waals surface area (Å²) < 4.78 is 15.3. The van der Waals surface area contributed by atoms with E-state index in [-0.39, 0.29) is 5.97 Å². The van der Waals surface area contributed by atoms with Gasteiger partial charge in [-0.3, -0.25) is 4.79 Å². The zero-order valence-corrected chi connectivity index (χ0v) is 13.1. The quantitative estimate of drug-likeness (QED) is 0.530. The third-order valence-corrected chi connectivity index (χ3v) is 3.04. The number of rotatable bonds is 10. The van der Waals surface area contributed by atoms with Crippen LogP contribution in [0.25, 0.3) is 0 Å². The van der Waals surface area contributed by atoms with Crippen LogP contribution in [0.5, 0.6) is 11.5 Å². The van der Waals surface area contributed by atoms with Crippen molar-refractivity contribution in [1.29, 1.82) is 0 Å². The van der Waals surface area contributed by atoms with Crippen molar-refractivity contribution in [3.05, 3.63) is 18.2 Å². The molecule has 0 fully saturated rings. The average molecular weight is 295 g/mol. The molecule has 0 saturated heterocycles. The maximum Gasteiger partial charge on any atom is 0.305 e. The van der Waals surface area contributed by atoms with Crippen molar-refractivity contribution >= 4 is 11.7 Å². The Hall–Kier alpha value is -1.91. The monoisotopic (exact) mass is 295 g/mol. The fourth-order valence-corrected chi connectivity index (χ4v) is 1.95. The van der Waals surface area contributed by atoms with Crippen LogP contribution in [0.1, 0.15) is 32.6 Å². The van der Waals surface area contributed by atoms with E-state index in [1.807, 2.05) is 25.1 Å². The molecule has 0 amide bonds. The summed E-state index contributed by atoms with van der Waals surface area (Å²) in [7, 11) is 3.27. The van der Waals surface area contributed by atoms with Crippen LogP contribution >= 0.6 is 0 Å². The van der Waals surface area contributed by atoms with Gasteiger partial charge in [-0.1, -0.05) is 6.42 Å². The molecular formula is C16H25NO4. The molecule has 0 unspecified atom stereocenters. The topological polar surface area (TPSA) is 56.8 Å². The molecule has 0 bridgehead atoms. The molecule has 21 heavy (non-hydrogen) atoms. The van der Waals surface area contributed by atoms with Gasteiger partial charge in [-0.15, -0.1) is 0 Å². The molecule has 0 spiro atoms. The Morgan fingerprint density at radius 3 is 2.29 bits per heavy atom. The number of anilines is 1. The fourth-order valence-electron chi connectivity index (χ4n) is 1.95. The molecule has 0 aromatic heterocycles. The predicted octanol–water partition coefficient (Wildman–Crippen LogP) is 3.24. The first-order valence-corrected chi connectivity index (χ1v) is 7.32. The summed E-state index contributed by atoms with van der Waals surface area (Å²) in [5.74, 6) is 1.42.